The number of allylic oxidation sites excluding steroid dienone is 3. The van der Waals surface area contributed by atoms with Gasteiger partial charge in [0.15, 0.2) is 0 Å². The molecular weight excluding hydrogens is 176 g/mol. The van der Waals surface area contributed by atoms with Gasteiger partial charge in [0.1, 0.15) is 0 Å². The van der Waals surface area contributed by atoms with Crippen molar-refractivity contribution in [3.63, 3.8) is 0 Å². The summed E-state index contributed by atoms with van der Waals surface area (Å²) in [7, 11) is 0. The number of hydrogen-bond acceptors (Lipinski definition) is 2. The monoisotopic (exact) mass is 194 g/mol. The molecule has 0 aromatic heterocycles. The molecule has 0 bridgehead atoms. The lowest BCUT2D eigenvalue weighted by molar-refractivity contribution is -0.137. The number of ether oxygens (including phenoxy) is 1. The van der Waals surface area contributed by atoms with Crippen molar-refractivity contribution in [1.82, 2.24) is 0 Å². The lowest BCUT2D eigenvalue weighted by atomic mass is 9.85. The van der Waals surface area contributed by atoms with Gasteiger partial charge in [0.25, 0.3) is 0 Å². The van der Waals surface area contributed by atoms with E-state index in [-0.39, 0.29) is 5.97 Å². The predicted octanol–water partition coefficient (Wildman–Crippen LogP) is 2.85. The van der Waals surface area contributed by atoms with E-state index >= 15 is 0 Å². The molecule has 0 aromatic rings. The Bertz CT molecular complexity index is 274. The first-order valence-corrected chi connectivity index (χ1v) is 5.20. The lowest BCUT2D eigenvalue weighted by Gasteiger charge is -2.20. The molecule has 1 aliphatic rings. The third-order valence-corrected chi connectivity index (χ3v) is 2.60. The Kier molecular flexibility index (Phi) is 3.93. The SMILES string of the molecule is CCOC(=O)C=C1C(C)=CCCC1C. The summed E-state index contributed by atoms with van der Waals surface area (Å²) in [6.07, 6.45) is 6.07. The van der Waals surface area contributed by atoms with Crippen LogP contribution in [-0.2, 0) is 9.53 Å². The van der Waals surface area contributed by atoms with Crippen LogP contribution in [-0.4, -0.2) is 12.6 Å². The van der Waals surface area contributed by atoms with Crippen LogP contribution in [0.3, 0.4) is 0 Å². The second-order valence-corrected chi connectivity index (χ2v) is 3.72. The first-order chi connectivity index (χ1) is 6.65. The molecule has 1 aliphatic carbocycles. The second-order valence-electron chi connectivity index (χ2n) is 3.72. The third-order valence-electron chi connectivity index (χ3n) is 2.60. The van der Waals surface area contributed by atoms with E-state index in [2.05, 4.69) is 19.9 Å². The maximum Gasteiger partial charge on any atom is 0.331 e. The van der Waals surface area contributed by atoms with Crippen LogP contribution in [0.2, 0.25) is 0 Å². The van der Waals surface area contributed by atoms with Crippen LogP contribution in [0.4, 0.5) is 0 Å². The molecular formula is C12H18O2. The Morgan fingerprint density at radius 2 is 2.43 bits per heavy atom. The van der Waals surface area contributed by atoms with Gasteiger partial charge in [-0.05, 0) is 38.2 Å². The fourth-order valence-electron chi connectivity index (χ4n) is 1.78. The summed E-state index contributed by atoms with van der Waals surface area (Å²) in [6.45, 7) is 6.48. The van der Waals surface area contributed by atoms with Gasteiger partial charge >= 0.3 is 5.97 Å². The van der Waals surface area contributed by atoms with Crippen LogP contribution in [0.5, 0.6) is 0 Å². The van der Waals surface area contributed by atoms with Gasteiger partial charge in [-0.15, -0.1) is 0 Å². The minimum absolute atomic E-state index is 0.219. The van der Waals surface area contributed by atoms with E-state index in [1.165, 1.54) is 5.57 Å². The third kappa shape index (κ3) is 2.72. The molecule has 0 heterocycles. The first kappa shape index (κ1) is 11.0. The molecule has 0 amide bonds. The van der Waals surface area contributed by atoms with Crippen molar-refractivity contribution in [2.75, 3.05) is 6.61 Å². The first-order valence-electron chi connectivity index (χ1n) is 5.20. The van der Waals surface area contributed by atoms with Gasteiger partial charge in [-0.1, -0.05) is 18.6 Å². The van der Waals surface area contributed by atoms with E-state index in [4.69, 9.17) is 4.74 Å². The van der Waals surface area contributed by atoms with Crippen molar-refractivity contribution in [1.29, 1.82) is 0 Å². The Labute approximate surface area is 85.6 Å². The molecule has 1 rings (SSSR count). The molecule has 0 saturated heterocycles. The Morgan fingerprint density at radius 1 is 1.71 bits per heavy atom. The standard InChI is InChI=1S/C12H18O2/c1-4-14-12(13)8-11-9(2)6-5-7-10(11)3/h6,8,10H,4-5,7H2,1-3H3. The second kappa shape index (κ2) is 4.99. The van der Waals surface area contributed by atoms with Crippen LogP contribution >= 0.6 is 0 Å². The summed E-state index contributed by atoms with van der Waals surface area (Å²) >= 11 is 0. The molecule has 0 aliphatic heterocycles. The summed E-state index contributed by atoms with van der Waals surface area (Å²) in [5.41, 5.74) is 2.35. The zero-order valence-corrected chi connectivity index (χ0v) is 9.17. The normalized spacial score (nSPS) is 24.6. The van der Waals surface area contributed by atoms with E-state index in [1.54, 1.807) is 6.08 Å². The van der Waals surface area contributed by atoms with Gasteiger partial charge in [-0.3, -0.25) is 0 Å². The van der Waals surface area contributed by atoms with Gasteiger partial charge in [0.2, 0.25) is 0 Å². The summed E-state index contributed by atoms with van der Waals surface area (Å²) in [5, 5.41) is 0. The van der Waals surface area contributed by atoms with E-state index in [1.807, 2.05) is 6.92 Å². The quantitative estimate of drug-likeness (QED) is 0.499. The molecule has 14 heavy (non-hydrogen) atoms. The molecule has 0 N–H and O–H groups in total. The van der Waals surface area contributed by atoms with E-state index < -0.39 is 0 Å². The summed E-state index contributed by atoms with van der Waals surface area (Å²) < 4.78 is 4.90. The van der Waals surface area contributed by atoms with Crippen LogP contribution in [0, 0.1) is 5.92 Å². The van der Waals surface area contributed by atoms with Crippen molar-refractivity contribution in [2.24, 2.45) is 5.92 Å². The fraction of sp³-hybridized carbons (Fsp3) is 0.583. The highest BCUT2D eigenvalue weighted by Gasteiger charge is 2.15. The van der Waals surface area contributed by atoms with Crippen molar-refractivity contribution in [2.45, 2.75) is 33.6 Å². The highest BCUT2D eigenvalue weighted by molar-refractivity contribution is 5.83. The summed E-state index contributed by atoms with van der Waals surface area (Å²) in [6, 6.07) is 0. The Balaban J connectivity index is 2.77. The summed E-state index contributed by atoms with van der Waals surface area (Å²) in [5.74, 6) is 0.258. The van der Waals surface area contributed by atoms with Gasteiger partial charge in [0.05, 0.1) is 6.61 Å². The molecule has 2 nitrogen and oxygen atoms in total. The van der Waals surface area contributed by atoms with Gasteiger partial charge in [-0.2, -0.15) is 0 Å². The topological polar surface area (TPSA) is 26.3 Å². The highest BCUT2D eigenvalue weighted by Crippen LogP contribution is 2.29. The Morgan fingerprint density at radius 3 is 3.00 bits per heavy atom. The highest BCUT2D eigenvalue weighted by atomic mass is 16.5. The average molecular weight is 194 g/mol. The van der Waals surface area contributed by atoms with Crippen LogP contribution < -0.4 is 0 Å². The minimum Gasteiger partial charge on any atom is -0.463 e. The molecule has 0 fully saturated rings. The zero-order valence-electron chi connectivity index (χ0n) is 9.17. The van der Waals surface area contributed by atoms with Crippen LogP contribution in [0.1, 0.15) is 33.6 Å². The van der Waals surface area contributed by atoms with Gasteiger partial charge < -0.3 is 4.74 Å². The molecule has 0 saturated carbocycles. The number of rotatable bonds is 2. The predicted molar refractivity (Wildman–Crippen MR) is 56.9 cm³/mol. The van der Waals surface area contributed by atoms with Crippen molar-refractivity contribution < 1.29 is 9.53 Å². The van der Waals surface area contributed by atoms with Crippen molar-refractivity contribution in [3.05, 3.63) is 23.3 Å². The van der Waals surface area contributed by atoms with Gasteiger partial charge in [0, 0.05) is 6.08 Å². The maximum atomic E-state index is 11.3. The minimum atomic E-state index is -0.219. The average Bonchev–Trinajstić information content (AvgIpc) is 2.12. The lowest BCUT2D eigenvalue weighted by Crippen LogP contribution is -2.09. The van der Waals surface area contributed by atoms with E-state index in [0.717, 1.165) is 18.4 Å². The number of carbonyl (C=O) groups excluding carboxylic acids is 1. The molecule has 0 aromatic carbocycles. The van der Waals surface area contributed by atoms with E-state index in [0.29, 0.717) is 12.5 Å². The zero-order chi connectivity index (χ0) is 10.6. The molecule has 78 valence electrons. The van der Waals surface area contributed by atoms with Crippen LogP contribution in [0.15, 0.2) is 23.3 Å². The van der Waals surface area contributed by atoms with E-state index in [9.17, 15) is 4.79 Å². The van der Waals surface area contributed by atoms with Crippen molar-refractivity contribution >= 4 is 5.97 Å². The largest absolute Gasteiger partial charge is 0.463 e. The molecule has 0 spiro atoms. The smallest absolute Gasteiger partial charge is 0.331 e. The van der Waals surface area contributed by atoms with Crippen LogP contribution in [0.25, 0.3) is 0 Å². The molecule has 1 atom stereocenters. The molecule has 1 unspecified atom stereocenters. The summed E-state index contributed by atoms with van der Waals surface area (Å²) in [4.78, 5) is 11.3. The fourth-order valence-corrected chi connectivity index (χ4v) is 1.78. The number of hydrogen-bond donors (Lipinski definition) is 0. The Hall–Kier alpha value is -1.05. The van der Waals surface area contributed by atoms with Gasteiger partial charge in [-0.25, -0.2) is 4.79 Å². The molecule has 2 heteroatoms. The number of esters is 1. The maximum absolute atomic E-state index is 11.3. The number of carbonyl (C=O) groups is 1. The van der Waals surface area contributed by atoms with Crippen molar-refractivity contribution in [3.8, 4) is 0 Å². The molecule has 0 radical (unpaired) electrons.